The third-order valence-electron chi connectivity index (χ3n) is 2.79. The average Bonchev–Trinajstić information content (AvgIpc) is 2.45. The van der Waals surface area contributed by atoms with Crippen molar-refractivity contribution < 1.29 is 24.2 Å². The molecule has 0 saturated carbocycles. The molecule has 21 heavy (non-hydrogen) atoms. The molecule has 0 bridgehead atoms. The summed E-state index contributed by atoms with van der Waals surface area (Å²) < 4.78 is 10.3. The molecular weight excluding hydrogens is 274 g/mol. The second-order valence-corrected chi connectivity index (χ2v) is 4.72. The number of hydrogen-bond acceptors (Lipinski definition) is 4. The van der Waals surface area contributed by atoms with Gasteiger partial charge in [-0.05, 0) is 30.7 Å². The van der Waals surface area contributed by atoms with Crippen LogP contribution in [0.1, 0.15) is 19.8 Å². The normalized spacial score (nSPS) is 11.7. The van der Waals surface area contributed by atoms with E-state index < -0.39 is 5.97 Å². The van der Waals surface area contributed by atoms with Gasteiger partial charge in [-0.25, -0.2) is 0 Å². The van der Waals surface area contributed by atoms with E-state index in [1.807, 2.05) is 0 Å². The molecule has 116 valence electrons. The number of hydrogen-bond donors (Lipinski definition) is 2. The topological polar surface area (TPSA) is 84.9 Å². The van der Waals surface area contributed by atoms with Gasteiger partial charge < -0.3 is 19.9 Å². The zero-order valence-corrected chi connectivity index (χ0v) is 12.3. The highest BCUT2D eigenvalue weighted by Crippen LogP contribution is 2.16. The molecule has 1 unspecified atom stereocenters. The molecule has 1 rings (SSSR count). The monoisotopic (exact) mass is 295 g/mol. The zero-order valence-electron chi connectivity index (χ0n) is 12.3. The summed E-state index contributed by atoms with van der Waals surface area (Å²) in [5, 5.41) is 11.3. The number of benzene rings is 1. The summed E-state index contributed by atoms with van der Waals surface area (Å²) in [4.78, 5) is 22.1. The van der Waals surface area contributed by atoms with Gasteiger partial charge in [0.1, 0.15) is 5.75 Å². The Morgan fingerprint density at radius 3 is 2.52 bits per heavy atom. The first-order valence-corrected chi connectivity index (χ1v) is 6.77. The van der Waals surface area contributed by atoms with Gasteiger partial charge in [0.15, 0.2) is 0 Å². The standard InChI is InChI=1S/C15H21NO5/c1-11(10-20-2)15(19)16-12-5-7-13(8-6-12)21-9-3-4-14(17)18/h5-8,11H,3-4,9-10H2,1-2H3,(H,16,19)(H,17,18). The van der Waals surface area contributed by atoms with Crippen LogP contribution in [0.5, 0.6) is 5.75 Å². The Labute approximate surface area is 124 Å². The highest BCUT2D eigenvalue weighted by molar-refractivity contribution is 5.92. The lowest BCUT2D eigenvalue weighted by Gasteiger charge is -2.11. The van der Waals surface area contributed by atoms with Gasteiger partial charge in [0, 0.05) is 19.2 Å². The van der Waals surface area contributed by atoms with E-state index >= 15 is 0 Å². The Morgan fingerprint density at radius 1 is 1.29 bits per heavy atom. The Hall–Kier alpha value is -2.08. The average molecular weight is 295 g/mol. The summed E-state index contributed by atoms with van der Waals surface area (Å²) in [6.07, 6.45) is 0.549. The van der Waals surface area contributed by atoms with Gasteiger partial charge in [0.25, 0.3) is 0 Å². The van der Waals surface area contributed by atoms with Gasteiger partial charge in [0.05, 0.1) is 19.1 Å². The summed E-state index contributed by atoms with van der Waals surface area (Å²) in [5.74, 6) is -0.515. The maximum absolute atomic E-state index is 11.8. The molecule has 0 heterocycles. The number of carbonyl (C=O) groups is 2. The molecule has 0 radical (unpaired) electrons. The van der Waals surface area contributed by atoms with E-state index in [9.17, 15) is 9.59 Å². The summed E-state index contributed by atoms with van der Waals surface area (Å²) >= 11 is 0. The van der Waals surface area contributed by atoms with Crippen LogP contribution in [-0.2, 0) is 14.3 Å². The molecule has 2 N–H and O–H groups in total. The minimum absolute atomic E-state index is 0.0888. The molecule has 0 fully saturated rings. The van der Waals surface area contributed by atoms with Gasteiger partial charge in [-0.1, -0.05) is 6.92 Å². The lowest BCUT2D eigenvalue weighted by Crippen LogP contribution is -2.23. The maximum Gasteiger partial charge on any atom is 0.303 e. The van der Waals surface area contributed by atoms with E-state index in [-0.39, 0.29) is 18.2 Å². The van der Waals surface area contributed by atoms with Gasteiger partial charge in [-0.3, -0.25) is 9.59 Å². The zero-order chi connectivity index (χ0) is 15.7. The summed E-state index contributed by atoms with van der Waals surface area (Å²) in [6, 6.07) is 6.95. The van der Waals surface area contributed by atoms with E-state index in [4.69, 9.17) is 14.6 Å². The first-order chi connectivity index (χ1) is 10.0. The third-order valence-corrected chi connectivity index (χ3v) is 2.79. The first-order valence-electron chi connectivity index (χ1n) is 6.77. The number of aliphatic carboxylic acids is 1. The van der Waals surface area contributed by atoms with Crippen molar-refractivity contribution in [1.82, 2.24) is 0 Å². The maximum atomic E-state index is 11.8. The molecule has 0 aromatic heterocycles. The predicted molar refractivity (Wildman–Crippen MR) is 78.5 cm³/mol. The number of amides is 1. The van der Waals surface area contributed by atoms with Crippen molar-refractivity contribution in [2.24, 2.45) is 5.92 Å². The van der Waals surface area contributed by atoms with Crippen LogP contribution in [0.25, 0.3) is 0 Å². The second kappa shape index (κ2) is 8.97. The molecule has 0 saturated heterocycles. The lowest BCUT2D eigenvalue weighted by atomic mass is 10.2. The van der Waals surface area contributed by atoms with E-state index in [1.54, 1.807) is 38.3 Å². The fourth-order valence-electron chi connectivity index (χ4n) is 1.64. The molecule has 6 heteroatoms. The van der Waals surface area contributed by atoms with Crippen LogP contribution in [0.4, 0.5) is 5.69 Å². The van der Waals surface area contributed by atoms with E-state index in [0.717, 1.165) is 0 Å². The molecule has 0 aliphatic rings. The van der Waals surface area contributed by atoms with Crippen LogP contribution in [0.3, 0.4) is 0 Å². The fourth-order valence-corrected chi connectivity index (χ4v) is 1.64. The molecule has 1 aromatic carbocycles. The number of rotatable bonds is 9. The lowest BCUT2D eigenvalue weighted by molar-refractivity contribution is -0.137. The molecule has 0 spiro atoms. The highest BCUT2D eigenvalue weighted by atomic mass is 16.5. The van der Waals surface area contributed by atoms with Crippen molar-refractivity contribution in [3.8, 4) is 5.75 Å². The van der Waals surface area contributed by atoms with Crippen molar-refractivity contribution in [1.29, 1.82) is 0 Å². The Balaban J connectivity index is 2.39. The van der Waals surface area contributed by atoms with Crippen LogP contribution in [0.15, 0.2) is 24.3 Å². The second-order valence-electron chi connectivity index (χ2n) is 4.72. The van der Waals surface area contributed by atoms with E-state index in [0.29, 0.717) is 31.1 Å². The minimum Gasteiger partial charge on any atom is -0.494 e. The molecule has 1 aromatic rings. The molecule has 1 amide bonds. The van der Waals surface area contributed by atoms with Crippen LogP contribution >= 0.6 is 0 Å². The Morgan fingerprint density at radius 2 is 1.95 bits per heavy atom. The number of carboxylic acid groups (broad SMARTS) is 1. The van der Waals surface area contributed by atoms with E-state index in [1.165, 1.54) is 0 Å². The molecule has 0 aliphatic carbocycles. The molecular formula is C15H21NO5. The quantitative estimate of drug-likeness (QED) is 0.682. The van der Waals surface area contributed by atoms with Gasteiger partial charge in [0.2, 0.25) is 5.91 Å². The van der Waals surface area contributed by atoms with Crippen LogP contribution < -0.4 is 10.1 Å². The highest BCUT2D eigenvalue weighted by Gasteiger charge is 2.12. The number of nitrogens with one attached hydrogen (secondary N) is 1. The van der Waals surface area contributed by atoms with Crippen molar-refractivity contribution in [2.75, 3.05) is 25.6 Å². The molecule has 0 aliphatic heterocycles. The van der Waals surface area contributed by atoms with Gasteiger partial charge in [-0.2, -0.15) is 0 Å². The first kappa shape index (κ1) is 17.0. The number of ether oxygens (including phenoxy) is 2. The third kappa shape index (κ3) is 6.76. The van der Waals surface area contributed by atoms with Crippen molar-refractivity contribution >= 4 is 17.6 Å². The Bertz CT molecular complexity index is 458. The van der Waals surface area contributed by atoms with E-state index in [2.05, 4.69) is 5.32 Å². The van der Waals surface area contributed by atoms with Gasteiger partial charge in [-0.15, -0.1) is 0 Å². The molecule has 1 atom stereocenters. The van der Waals surface area contributed by atoms with Crippen LogP contribution in [0, 0.1) is 5.92 Å². The Kier molecular flexibility index (Phi) is 7.25. The minimum atomic E-state index is -0.832. The van der Waals surface area contributed by atoms with Crippen molar-refractivity contribution in [2.45, 2.75) is 19.8 Å². The smallest absolute Gasteiger partial charge is 0.303 e. The summed E-state index contributed by atoms with van der Waals surface area (Å²) in [5.41, 5.74) is 0.681. The van der Waals surface area contributed by atoms with Crippen LogP contribution in [-0.4, -0.2) is 37.3 Å². The number of anilines is 1. The number of methoxy groups -OCH3 is 1. The van der Waals surface area contributed by atoms with Crippen molar-refractivity contribution in [3.05, 3.63) is 24.3 Å². The van der Waals surface area contributed by atoms with Gasteiger partial charge >= 0.3 is 5.97 Å². The predicted octanol–water partition coefficient (Wildman–Crippen LogP) is 2.15. The summed E-state index contributed by atoms with van der Waals surface area (Å²) in [6.45, 7) is 2.51. The summed E-state index contributed by atoms with van der Waals surface area (Å²) in [7, 11) is 1.56. The largest absolute Gasteiger partial charge is 0.494 e. The fraction of sp³-hybridized carbons (Fsp3) is 0.467. The number of carboxylic acids is 1. The van der Waals surface area contributed by atoms with Crippen molar-refractivity contribution in [3.63, 3.8) is 0 Å². The number of carbonyl (C=O) groups excluding carboxylic acids is 1. The van der Waals surface area contributed by atoms with Crippen LogP contribution in [0.2, 0.25) is 0 Å². The molecule has 6 nitrogen and oxygen atoms in total. The SMILES string of the molecule is COCC(C)C(=O)Nc1ccc(OCCCC(=O)O)cc1.